The van der Waals surface area contributed by atoms with Gasteiger partial charge in [-0.05, 0) is 36.8 Å². The molecule has 2 aromatic heterocycles. The normalized spacial score (nSPS) is 10.8. The summed E-state index contributed by atoms with van der Waals surface area (Å²) in [5.74, 6) is 0.0452. The van der Waals surface area contributed by atoms with Crippen molar-refractivity contribution in [2.45, 2.75) is 6.92 Å². The molecule has 7 heteroatoms. The Morgan fingerprint density at radius 2 is 1.96 bits per heavy atom. The Morgan fingerprint density at radius 1 is 1.12 bits per heavy atom. The van der Waals surface area contributed by atoms with Crippen molar-refractivity contribution in [1.82, 2.24) is 15.0 Å². The van der Waals surface area contributed by atoms with E-state index in [9.17, 15) is 4.79 Å². The molecule has 0 aliphatic carbocycles. The van der Waals surface area contributed by atoms with Gasteiger partial charge in [0.1, 0.15) is 0 Å². The molecule has 0 saturated carbocycles. The number of carbonyl (C=O) groups is 1. The summed E-state index contributed by atoms with van der Waals surface area (Å²) in [5.41, 5.74) is 5.96. The van der Waals surface area contributed by atoms with E-state index in [4.69, 9.17) is 11.6 Å². The van der Waals surface area contributed by atoms with Gasteiger partial charge in [0, 0.05) is 5.56 Å². The summed E-state index contributed by atoms with van der Waals surface area (Å²) in [6, 6.07) is 11.0. The third-order valence-corrected chi connectivity index (χ3v) is 5.09. The number of aromatic nitrogens is 3. The lowest BCUT2D eigenvalue weighted by Gasteiger charge is -2.08. The molecule has 1 amide bonds. The highest BCUT2D eigenvalue weighted by Gasteiger charge is 2.12. The summed E-state index contributed by atoms with van der Waals surface area (Å²) in [6.07, 6.45) is 3.18. The molecule has 0 aliphatic rings. The lowest BCUT2D eigenvalue weighted by molar-refractivity contribution is 0.102. The number of benzene rings is 2. The fourth-order valence-corrected chi connectivity index (χ4v) is 3.62. The van der Waals surface area contributed by atoms with Crippen molar-refractivity contribution < 1.29 is 4.79 Å². The van der Waals surface area contributed by atoms with Gasteiger partial charge in [-0.2, -0.15) is 0 Å². The smallest absolute Gasteiger partial charge is 0.258 e. The first-order valence-electron chi connectivity index (χ1n) is 7.84. The maximum Gasteiger partial charge on any atom is 0.258 e. The molecule has 26 heavy (non-hydrogen) atoms. The molecule has 0 unspecified atom stereocenters. The lowest BCUT2D eigenvalue weighted by Crippen LogP contribution is -2.13. The molecule has 2 heterocycles. The van der Waals surface area contributed by atoms with Crippen molar-refractivity contribution in [3.8, 4) is 11.3 Å². The van der Waals surface area contributed by atoms with Gasteiger partial charge >= 0.3 is 0 Å². The molecule has 0 spiro atoms. The molecule has 0 saturated heterocycles. The average molecular weight is 381 g/mol. The summed E-state index contributed by atoms with van der Waals surface area (Å²) in [5, 5.41) is 3.10. The SMILES string of the molecule is Cc1cc2scnc2cc1-c1cnc(NC(=O)c2ccccc2Cl)cn1. The number of anilines is 1. The third kappa shape index (κ3) is 3.16. The first-order chi connectivity index (χ1) is 12.6. The third-order valence-electron chi connectivity index (χ3n) is 3.97. The fraction of sp³-hybridized carbons (Fsp3) is 0.0526. The van der Waals surface area contributed by atoms with Gasteiger partial charge in [0.2, 0.25) is 0 Å². The zero-order chi connectivity index (χ0) is 18.1. The maximum absolute atomic E-state index is 12.3. The van der Waals surface area contributed by atoms with Crippen LogP contribution in [0.25, 0.3) is 21.5 Å². The van der Waals surface area contributed by atoms with Crippen LogP contribution in [0.4, 0.5) is 5.82 Å². The number of nitrogens with one attached hydrogen (secondary N) is 1. The van der Waals surface area contributed by atoms with Crippen molar-refractivity contribution in [3.63, 3.8) is 0 Å². The highest BCUT2D eigenvalue weighted by atomic mass is 35.5. The standard InChI is InChI=1S/C19H13ClN4OS/c1-11-6-17-15(23-10-26-17)7-13(11)16-8-22-18(9-21-16)24-19(25)12-4-2-3-5-14(12)20/h2-10H,1H3,(H,22,24,25). The van der Waals surface area contributed by atoms with E-state index in [1.54, 1.807) is 41.8 Å². The highest BCUT2D eigenvalue weighted by molar-refractivity contribution is 7.16. The minimum absolute atomic E-state index is 0.322. The van der Waals surface area contributed by atoms with Crippen LogP contribution >= 0.6 is 22.9 Å². The zero-order valence-corrected chi connectivity index (χ0v) is 15.3. The predicted octanol–water partition coefficient (Wildman–Crippen LogP) is 4.97. The molecular formula is C19H13ClN4OS. The van der Waals surface area contributed by atoms with Crippen molar-refractivity contribution >= 4 is 44.9 Å². The topological polar surface area (TPSA) is 67.8 Å². The van der Waals surface area contributed by atoms with E-state index < -0.39 is 0 Å². The minimum Gasteiger partial charge on any atom is -0.305 e. The maximum atomic E-state index is 12.3. The lowest BCUT2D eigenvalue weighted by atomic mass is 10.1. The number of aryl methyl sites for hydroxylation is 1. The van der Waals surface area contributed by atoms with Gasteiger partial charge in [-0.1, -0.05) is 23.7 Å². The summed E-state index contributed by atoms with van der Waals surface area (Å²) < 4.78 is 1.14. The van der Waals surface area contributed by atoms with E-state index in [0.717, 1.165) is 27.0 Å². The number of amides is 1. The molecule has 1 N–H and O–H groups in total. The van der Waals surface area contributed by atoms with Crippen molar-refractivity contribution in [2.24, 2.45) is 0 Å². The highest BCUT2D eigenvalue weighted by Crippen LogP contribution is 2.28. The molecule has 0 fully saturated rings. The fourth-order valence-electron chi connectivity index (χ4n) is 2.64. The van der Waals surface area contributed by atoms with Crippen LogP contribution in [0, 0.1) is 6.92 Å². The largest absolute Gasteiger partial charge is 0.305 e. The van der Waals surface area contributed by atoms with Crippen LogP contribution in [0.15, 0.2) is 54.3 Å². The van der Waals surface area contributed by atoms with E-state index in [0.29, 0.717) is 16.4 Å². The number of thiazole rings is 1. The van der Waals surface area contributed by atoms with Crippen LogP contribution in [-0.2, 0) is 0 Å². The van der Waals surface area contributed by atoms with Gasteiger partial charge in [-0.15, -0.1) is 11.3 Å². The van der Waals surface area contributed by atoms with Crippen LogP contribution in [0.2, 0.25) is 5.02 Å². The van der Waals surface area contributed by atoms with Crippen LogP contribution in [0.5, 0.6) is 0 Å². The van der Waals surface area contributed by atoms with Crippen molar-refractivity contribution in [1.29, 1.82) is 0 Å². The Labute approximate surface area is 158 Å². The second-order valence-electron chi connectivity index (χ2n) is 5.71. The average Bonchev–Trinajstić information content (AvgIpc) is 3.09. The van der Waals surface area contributed by atoms with Crippen LogP contribution in [0.3, 0.4) is 0 Å². The number of carbonyl (C=O) groups excluding carboxylic acids is 1. The van der Waals surface area contributed by atoms with Gasteiger partial charge in [-0.3, -0.25) is 9.78 Å². The van der Waals surface area contributed by atoms with E-state index >= 15 is 0 Å². The second kappa shape index (κ2) is 6.82. The Morgan fingerprint density at radius 3 is 2.73 bits per heavy atom. The Balaban J connectivity index is 1.59. The van der Waals surface area contributed by atoms with Crippen LogP contribution in [0.1, 0.15) is 15.9 Å². The molecule has 2 aromatic carbocycles. The molecule has 5 nitrogen and oxygen atoms in total. The quantitative estimate of drug-likeness (QED) is 0.545. The van der Waals surface area contributed by atoms with E-state index in [1.165, 1.54) is 6.20 Å². The van der Waals surface area contributed by atoms with E-state index in [1.807, 2.05) is 18.5 Å². The molecule has 4 aromatic rings. The van der Waals surface area contributed by atoms with Crippen molar-refractivity contribution in [2.75, 3.05) is 5.32 Å². The van der Waals surface area contributed by atoms with E-state index in [-0.39, 0.29) is 5.91 Å². The van der Waals surface area contributed by atoms with Crippen LogP contribution in [-0.4, -0.2) is 20.9 Å². The summed E-state index contributed by atoms with van der Waals surface area (Å²) in [7, 11) is 0. The van der Waals surface area contributed by atoms with Gasteiger partial charge in [0.15, 0.2) is 5.82 Å². The predicted molar refractivity (Wildman–Crippen MR) is 105 cm³/mol. The molecule has 0 atom stereocenters. The zero-order valence-electron chi connectivity index (χ0n) is 13.7. The monoisotopic (exact) mass is 380 g/mol. The number of nitrogens with zero attached hydrogens (tertiary/aromatic N) is 3. The van der Waals surface area contributed by atoms with Crippen LogP contribution < -0.4 is 5.32 Å². The molecule has 4 rings (SSSR count). The van der Waals surface area contributed by atoms with Gasteiger partial charge < -0.3 is 5.32 Å². The summed E-state index contributed by atoms with van der Waals surface area (Å²) >= 11 is 7.65. The second-order valence-corrected chi connectivity index (χ2v) is 7.00. The molecular weight excluding hydrogens is 368 g/mol. The van der Waals surface area contributed by atoms with E-state index in [2.05, 4.69) is 26.3 Å². The summed E-state index contributed by atoms with van der Waals surface area (Å²) in [6.45, 7) is 2.03. The number of hydrogen-bond acceptors (Lipinski definition) is 5. The first-order valence-corrected chi connectivity index (χ1v) is 9.10. The summed E-state index contributed by atoms with van der Waals surface area (Å²) in [4.78, 5) is 25.4. The van der Waals surface area contributed by atoms with Gasteiger partial charge in [0.25, 0.3) is 5.91 Å². The Kier molecular flexibility index (Phi) is 4.36. The molecule has 0 radical (unpaired) electrons. The van der Waals surface area contributed by atoms with Gasteiger partial charge in [-0.25, -0.2) is 9.97 Å². The molecule has 0 bridgehead atoms. The van der Waals surface area contributed by atoms with Crippen molar-refractivity contribution in [3.05, 3.63) is 70.5 Å². The number of hydrogen-bond donors (Lipinski definition) is 1. The Bertz CT molecular complexity index is 1110. The first kappa shape index (κ1) is 16.6. The number of rotatable bonds is 3. The van der Waals surface area contributed by atoms with Gasteiger partial charge in [0.05, 0.1) is 44.4 Å². The number of halogens is 1. The number of fused-ring (bicyclic) bond motifs is 1. The Hall–Kier alpha value is -2.83. The molecule has 0 aliphatic heterocycles. The minimum atomic E-state index is -0.322. The molecule has 128 valence electrons.